The molecule has 4 rings (SSSR count). The largest absolute Gasteiger partial charge is 0.396 e. The van der Waals surface area contributed by atoms with Gasteiger partial charge in [-0.05, 0) is 63.4 Å². The molecule has 8 heteroatoms. The van der Waals surface area contributed by atoms with Crippen molar-refractivity contribution in [3.63, 3.8) is 0 Å². The van der Waals surface area contributed by atoms with E-state index in [9.17, 15) is 9.59 Å². The summed E-state index contributed by atoms with van der Waals surface area (Å²) >= 11 is 0. The van der Waals surface area contributed by atoms with Gasteiger partial charge in [0.15, 0.2) is 0 Å². The smallest absolute Gasteiger partial charge is 0.319 e. The van der Waals surface area contributed by atoms with E-state index in [4.69, 9.17) is 10.5 Å². The zero-order valence-electron chi connectivity index (χ0n) is 20.9. The van der Waals surface area contributed by atoms with E-state index in [0.717, 1.165) is 35.0 Å². The van der Waals surface area contributed by atoms with Gasteiger partial charge in [-0.15, -0.1) is 0 Å². The van der Waals surface area contributed by atoms with Crippen LogP contribution in [-0.2, 0) is 4.74 Å². The molecule has 3 amide bonds. The van der Waals surface area contributed by atoms with Crippen LogP contribution in [0.4, 0.5) is 16.2 Å². The number of aromatic nitrogens is 1. The van der Waals surface area contributed by atoms with E-state index in [1.807, 2.05) is 56.3 Å². The first-order valence-corrected chi connectivity index (χ1v) is 12.2. The number of benzene rings is 2. The molecule has 186 valence electrons. The number of amides is 3. The summed E-state index contributed by atoms with van der Waals surface area (Å²) in [6.45, 7) is 4.85. The van der Waals surface area contributed by atoms with Crippen LogP contribution in [0.5, 0.6) is 0 Å². The Kier molecular flexibility index (Phi) is 7.31. The van der Waals surface area contributed by atoms with Crippen molar-refractivity contribution in [1.82, 2.24) is 14.8 Å². The number of nitrogen functional groups attached to an aromatic ring is 1. The molecule has 0 spiro atoms. The Hall–Kier alpha value is -3.52. The van der Waals surface area contributed by atoms with Crippen molar-refractivity contribution >= 4 is 34.2 Å². The molecule has 4 N–H and O–H groups in total. The van der Waals surface area contributed by atoms with Crippen LogP contribution in [0.3, 0.4) is 0 Å². The molecule has 8 nitrogen and oxygen atoms in total. The Bertz CT molecular complexity index is 1210. The molecule has 1 heterocycles. The molecule has 1 aliphatic rings. The maximum Gasteiger partial charge on any atom is 0.319 e. The summed E-state index contributed by atoms with van der Waals surface area (Å²) in [4.78, 5) is 26.7. The number of anilines is 2. The number of fused-ring (bicyclic) bond motifs is 1. The third kappa shape index (κ3) is 5.12. The van der Waals surface area contributed by atoms with Gasteiger partial charge in [-0.25, -0.2) is 4.79 Å². The van der Waals surface area contributed by atoms with Gasteiger partial charge in [0.1, 0.15) is 0 Å². The second-order valence-corrected chi connectivity index (χ2v) is 9.50. The third-order valence-corrected chi connectivity index (χ3v) is 6.54. The number of ether oxygens (including phenoxy) is 1. The molecule has 2 aromatic carbocycles. The Morgan fingerprint density at radius 1 is 1.17 bits per heavy atom. The van der Waals surface area contributed by atoms with E-state index in [2.05, 4.69) is 15.2 Å². The van der Waals surface area contributed by atoms with Crippen molar-refractivity contribution < 1.29 is 14.3 Å². The molecule has 1 saturated carbocycles. The monoisotopic (exact) mass is 477 g/mol. The maximum absolute atomic E-state index is 13.0. The topological polar surface area (TPSA) is 102 Å². The summed E-state index contributed by atoms with van der Waals surface area (Å²) in [5.74, 6) is -0.0412. The lowest BCUT2D eigenvalue weighted by Crippen LogP contribution is -2.34. The quantitative estimate of drug-likeness (QED) is 0.431. The predicted molar refractivity (Wildman–Crippen MR) is 141 cm³/mol. The zero-order chi connectivity index (χ0) is 25.1. The number of nitrogens with zero attached hydrogens (tertiary/aromatic N) is 2. The number of nitrogens with one attached hydrogen (secondary N) is 2. The lowest BCUT2D eigenvalue weighted by Gasteiger charge is -2.30. The highest BCUT2D eigenvalue weighted by Gasteiger charge is 2.27. The van der Waals surface area contributed by atoms with Gasteiger partial charge in [-0.3, -0.25) is 4.79 Å². The first-order chi connectivity index (χ1) is 16.8. The highest BCUT2D eigenvalue weighted by Crippen LogP contribution is 2.44. The molecular weight excluding hydrogens is 442 g/mol. The number of hydrogen-bond acceptors (Lipinski definition) is 4. The summed E-state index contributed by atoms with van der Waals surface area (Å²) < 4.78 is 7.41. The lowest BCUT2D eigenvalue weighted by molar-refractivity contribution is 0.0744. The number of likely N-dealkylation sites (N-methyl/N-ethyl adjacent to an activating group) is 1. The molecule has 0 unspecified atom stereocenters. The first kappa shape index (κ1) is 24.6. The summed E-state index contributed by atoms with van der Waals surface area (Å²) in [5.41, 5.74) is 11.7. The van der Waals surface area contributed by atoms with Crippen LogP contribution in [-0.4, -0.2) is 54.8 Å². The van der Waals surface area contributed by atoms with Gasteiger partial charge in [-0.2, -0.15) is 0 Å². The van der Waals surface area contributed by atoms with Gasteiger partial charge in [0.2, 0.25) is 0 Å². The van der Waals surface area contributed by atoms with E-state index in [-0.39, 0.29) is 18.0 Å². The van der Waals surface area contributed by atoms with E-state index < -0.39 is 0 Å². The van der Waals surface area contributed by atoms with Gasteiger partial charge < -0.3 is 30.6 Å². The van der Waals surface area contributed by atoms with E-state index in [1.165, 1.54) is 6.42 Å². The Balaban J connectivity index is 1.71. The van der Waals surface area contributed by atoms with E-state index in [1.54, 1.807) is 19.1 Å². The van der Waals surface area contributed by atoms with Crippen molar-refractivity contribution in [1.29, 1.82) is 0 Å². The highest BCUT2D eigenvalue weighted by atomic mass is 16.5. The zero-order valence-corrected chi connectivity index (χ0v) is 20.9. The fourth-order valence-corrected chi connectivity index (χ4v) is 4.48. The summed E-state index contributed by atoms with van der Waals surface area (Å²) in [6, 6.07) is 13.7. The van der Waals surface area contributed by atoms with Crippen LogP contribution in [0.1, 0.15) is 49.5 Å². The van der Waals surface area contributed by atoms with Crippen LogP contribution in [0, 0.1) is 0 Å². The Labute approximate surface area is 206 Å². The SMILES string of the molecule is COCCN(C)C(=O)c1ccc2c(N)c(-c3ccc(NC(=O)NC(C)C)cc3)n(C3CCC3)c2c1. The number of urea groups is 1. The Morgan fingerprint density at radius 2 is 1.89 bits per heavy atom. The molecule has 0 aliphatic heterocycles. The molecule has 1 fully saturated rings. The molecule has 35 heavy (non-hydrogen) atoms. The minimum absolute atomic E-state index is 0.0412. The molecule has 0 atom stereocenters. The Morgan fingerprint density at radius 3 is 2.49 bits per heavy atom. The molecule has 3 aromatic rings. The van der Waals surface area contributed by atoms with Crippen molar-refractivity contribution in [3.8, 4) is 11.3 Å². The van der Waals surface area contributed by atoms with Crippen molar-refractivity contribution in [2.75, 3.05) is 38.4 Å². The van der Waals surface area contributed by atoms with Gasteiger partial charge in [-0.1, -0.05) is 12.1 Å². The normalized spacial score (nSPS) is 13.6. The fraction of sp³-hybridized carbons (Fsp3) is 0.407. The van der Waals surface area contributed by atoms with Crippen LogP contribution in [0.15, 0.2) is 42.5 Å². The van der Waals surface area contributed by atoms with Gasteiger partial charge in [0, 0.05) is 55.0 Å². The van der Waals surface area contributed by atoms with E-state index in [0.29, 0.717) is 36.1 Å². The molecule has 0 bridgehead atoms. The summed E-state index contributed by atoms with van der Waals surface area (Å²) in [6.07, 6.45) is 3.34. The van der Waals surface area contributed by atoms with Gasteiger partial charge in [0.05, 0.1) is 23.5 Å². The second kappa shape index (κ2) is 10.4. The average Bonchev–Trinajstić information content (AvgIpc) is 3.07. The molecule has 1 aromatic heterocycles. The van der Waals surface area contributed by atoms with Gasteiger partial charge in [0.25, 0.3) is 5.91 Å². The number of hydrogen-bond donors (Lipinski definition) is 3. The minimum atomic E-state index is -0.233. The van der Waals surface area contributed by atoms with Gasteiger partial charge >= 0.3 is 6.03 Å². The number of carbonyl (C=O) groups excluding carboxylic acids is 2. The summed E-state index contributed by atoms with van der Waals surface area (Å²) in [7, 11) is 3.41. The second-order valence-electron chi connectivity index (χ2n) is 9.50. The third-order valence-electron chi connectivity index (χ3n) is 6.54. The maximum atomic E-state index is 13.0. The highest BCUT2D eigenvalue weighted by molar-refractivity contribution is 6.05. The number of methoxy groups -OCH3 is 1. The van der Waals surface area contributed by atoms with Crippen LogP contribution in [0.2, 0.25) is 0 Å². The lowest BCUT2D eigenvalue weighted by atomic mass is 9.92. The van der Waals surface area contributed by atoms with Crippen LogP contribution in [0.25, 0.3) is 22.2 Å². The molecule has 0 radical (unpaired) electrons. The summed E-state index contributed by atoms with van der Waals surface area (Å²) in [5, 5.41) is 6.63. The molecule has 1 aliphatic carbocycles. The number of carbonyl (C=O) groups is 2. The van der Waals surface area contributed by atoms with E-state index >= 15 is 0 Å². The molecular formula is C27H35N5O3. The number of rotatable bonds is 8. The minimum Gasteiger partial charge on any atom is -0.396 e. The average molecular weight is 478 g/mol. The van der Waals surface area contributed by atoms with Crippen LogP contribution < -0.4 is 16.4 Å². The van der Waals surface area contributed by atoms with Crippen LogP contribution >= 0.6 is 0 Å². The van der Waals surface area contributed by atoms with Crippen molar-refractivity contribution in [2.45, 2.75) is 45.2 Å². The molecule has 0 saturated heterocycles. The predicted octanol–water partition coefficient (Wildman–Crippen LogP) is 4.86. The first-order valence-electron chi connectivity index (χ1n) is 12.2. The van der Waals surface area contributed by atoms with Crippen molar-refractivity contribution in [2.24, 2.45) is 0 Å². The van der Waals surface area contributed by atoms with Crippen molar-refractivity contribution in [3.05, 3.63) is 48.0 Å². The standard InChI is InChI=1S/C27H35N5O3/c1-17(2)29-27(34)30-20-11-8-18(9-12-20)25-24(28)22-13-10-19(26(33)31(3)14-15-35-4)16-23(22)32(25)21-6-5-7-21/h8-13,16-17,21H,5-7,14-15,28H2,1-4H3,(H2,29,30,34). The number of nitrogens with two attached hydrogens (primary N) is 1. The fourth-order valence-electron chi connectivity index (χ4n) is 4.48.